The number of nitrogens with zero attached hydrogens (tertiary/aromatic N) is 1. The topological polar surface area (TPSA) is 29.3 Å². The fourth-order valence-corrected chi connectivity index (χ4v) is 2.47. The molecule has 0 aliphatic heterocycles. The third-order valence-electron chi connectivity index (χ3n) is 2.91. The first-order valence-corrected chi connectivity index (χ1v) is 6.96. The third-order valence-corrected chi connectivity index (χ3v) is 3.85. The maximum absolute atomic E-state index is 5.63. The van der Waals surface area contributed by atoms with Gasteiger partial charge in [0, 0.05) is 23.5 Å². The second-order valence-corrected chi connectivity index (χ2v) is 5.62. The van der Waals surface area contributed by atoms with Crippen LogP contribution in [0.4, 0.5) is 0 Å². The number of hydrogen-bond acceptors (Lipinski definition) is 2. The van der Waals surface area contributed by atoms with Crippen molar-refractivity contribution >= 4 is 33.1 Å². The number of rotatable bonds is 6. The van der Waals surface area contributed by atoms with Gasteiger partial charge in [-0.05, 0) is 25.1 Å². The summed E-state index contributed by atoms with van der Waals surface area (Å²) in [5, 5.41) is 0. The lowest BCUT2D eigenvalue weighted by Gasteiger charge is -2.27. The molecule has 0 aliphatic carbocycles. The molecule has 0 saturated heterocycles. The Bertz CT molecular complexity index is 381. The second kappa shape index (κ2) is 7.09. The van der Waals surface area contributed by atoms with Crippen LogP contribution < -0.4 is 5.73 Å². The predicted molar refractivity (Wildman–Crippen MR) is 81.1 cm³/mol. The van der Waals surface area contributed by atoms with Crippen LogP contribution in [0, 0.1) is 0 Å². The van der Waals surface area contributed by atoms with E-state index in [9.17, 15) is 0 Å². The lowest BCUT2D eigenvalue weighted by molar-refractivity contribution is 0.233. The highest BCUT2D eigenvalue weighted by Gasteiger charge is 2.14. The second-order valence-electron chi connectivity index (χ2n) is 4.24. The van der Waals surface area contributed by atoms with Crippen molar-refractivity contribution in [2.45, 2.75) is 32.4 Å². The first-order valence-electron chi connectivity index (χ1n) is 5.76. The van der Waals surface area contributed by atoms with Crippen LogP contribution in [0.2, 0.25) is 0 Å². The number of thiocarbonyl (C=S) groups is 1. The summed E-state index contributed by atoms with van der Waals surface area (Å²) in [6.45, 7) is 3.07. The van der Waals surface area contributed by atoms with Crippen molar-refractivity contribution < 1.29 is 0 Å². The molecule has 0 heterocycles. The summed E-state index contributed by atoms with van der Waals surface area (Å²) in [5.41, 5.74) is 6.91. The Morgan fingerprint density at radius 2 is 2.12 bits per heavy atom. The molecule has 4 heteroatoms. The van der Waals surface area contributed by atoms with E-state index in [0.717, 1.165) is 23.9 Å². The van der Waals surface area contributed by atoms with Gasteiger partial charge >= 0.3 is 0 Å². The fraction of sp³-hybridized carbons (Fsp3) is 0.462. The molecule has 0 saturated carbocycles. The largest absolute Gasteiger partial charge is 0.393 e. The Hall–Kier alpha value is -0.450. The molecule has 1 aromatic rings. The number of nitrogens with two attached hydrogens (primary N) is 1. The van der Waals surface area contributed by atoms with Crippen molar-refractivity contribution in [3.05, 3.63) is 34.3 Å². The van der Waals surface area contributed by atoms with Gasteiger partial charge in [-0.2, -0.15) is 0 Å². The summed E-state index contributed by atoms with van der Waals surface area (Å²) >= 11 is 8.56. The van der Waals surface area contributed by atoms with E-state index in [-0.39, 0.29) is 0 Å². The summed E-state index contributed by atoms with van der Waals surface area (Å²) < 4.78 is 1.15. The molecular weight excluding hydrogens is 296 g/mol. The minimum Gasteiger partial charge on any atom is -0.393 e. The maximum Gasteiger partial charge on any atom is 0.0743 e. The van der Waals surface area contributed by atoms with E-state index in [1.165, 1.54) is 5.56 Å². The van der Waals surface area contributed by atoms with E-state index in [1.807, 2.05) is 6.07 Å². The van der Waals surface area contributed by atoms with Crippen molar-refractivity contribution in [1.29, 1.82) is 0 Å². The van der Waals surface area contributed by atoms with Gasteiger partial charge < -0.3 is 5.73 Å². The number of benzene rings is 1. The van der Waals surface area contributed by atoms with Gasteiger partial charge in [-0.25, -0.2) is 0 Å². The maximum atomic E-state index is 5.63. The van der Waals surface area contributed by atoms with E-state index >= 15 is 0 Å². The molecule has 0 amide bonds. The summed E-state index contributed by atoms with van der Waals surface area (Å²) in [4.78, 5) is 2.90. The number of hydrogen-bond donors (Lipinski definition) is 1. The van der Waals surface area contributed by atoms with Gasteiger partial charge in [0.2, 0.25) is 0 Å². The van der Waals surface area contributed by atoms with E-state index in [1.54, 1.807) is 0 Å². The van der Waals surface area contributed by atoms with Crippen molar-refractivity contribution in [3.63, 3.8) is 0 Å². The highest BCUT2D eigenvalue weighted by molar-refractivity contribution is 9.10. The smallest absolute Gasteiger partial charge is 0.0743 e. The summed E-state index contributed by atoms with van der Waals surface area (Å²) in [6, 6.07) is 8.70. The van der Waals surface area contributed by atoms with Gasteiger partial charge in [-0.15, -0.1) is 0 Å². The van der Waals surface area contributed by atoms with Gasteiger partial charge in [0.15, 0.2) is 0 Å². The first-order chi connectivity index (χ1) is 8.04. The van der Waals surface area contributed by atoms with Crippen molar-refractivity contribution in [1.82, 2.24) is 4.90 Å². The monoisotopic (exact) mass is 314 g/mol. The molecule has 0 aromatic heterocycles. The van der Waals surface area contributed by atoms with Crippen LogP contribution in [0.5, 0.6) is 0 Å². The molecule has 0 aliphatic rings. The molecule has 2 N–H and O–H groups in total. The van der Waals surface area contributed by atoms with Crippen LogP contribution in [0.25, 0.3) is 0 Å². The zero-order valence-electron chi connectivity index (χ0n) is 10.3. The molecular formula is C13H19BrN2S. The van der Waals surface area contributed by atoms with Gasteiger partial charge in [-0.3, -0.25) is 4.90 Å². The highest BCUT2D eigenvalue weighted by Crippen LogP contribution is 2.19. The molecule has 0 bridgehead atoms. The Morgan fingerprint density at radius 1 is 1.47 bits per heavy atom. The SMILES string of the molecule is CCC(CC(N)=S)N(C)Cc1ccccc1Br. The first kappa shape index (κ1) is 14.6. The van der Waals surface area contributed by atoms with Crippen molar-refractivity contribution in [3.8, 4) is 0 Å². The third kappa shape index (κ3) is 4.74. The molecule has 1 atom stereocenters. The molecule has 1 unspecified atom stereocenters. The van der Waals surface area contributed by atoms with Gasteiger partial charge in [0.05, 0.1) is 4.99 Å². The molecule has 94 valence electrons. The Balaban J connectivity index is 2.67. The van der Waals surface area contributed by atoms with E-state index in [0.29, 0.717) is 11.0 Å². The average molecular weight is 315 g/mol. The minimum atomic E-state index is 0.416. The Kier molecular flexibility index (Phi) is 6.09. The van der Waals surface area contributed by atoms with E-state index in [4.69, 9.17) is 18.0 Å². The van der Waals surface area contributed by atoms with Crippen LogP contribution in [-0.4, -0.2) is 23.0 Å². The molecule has 0 spiro atoms. The molecule has 1 rings (SSSR count). The molecule has 0 radical (unpaired) electrons. The normalized spacial score (nSPS) is 12.7. The Morgan fingerprint density at radius 3 is 2.65 bits per heavy atom. The molecule has 1 aromatic carbocycles. The van der Waals surface area contributed by atoms with E-state index < -0.39 is 0 Å². The number of halogens is 1. The van der Waals surface area contributed by atoms with Crippen molar-refractivity contribution in [2.24, 2.45) is 5.73 Å². The zero-order chi connectivity index (χ0) is 12.8. The predicted octanol–water partition coefficient (Wildman–Crippen LogP) is 3.34. The fourth-order valence-electron chi connectivity index (χ4n) is 1.87. The molecule has 2 nitrogen and oxygen atoms in total. The van der Waals surface area contributed by atoms with Crippen LogP contribution in [0.3, 0.4) is 0 Å². The van der Waals surface area contributed by atoms with Crippen LogP contribution in [0.15, 0.2) is 28.7 Å². The minimum absolute atomic E-state index is 0.416. The lowest BCUT2D eigenvalue weighted by Crippen LogP contribution is -2.34. The van der Waals surface area contributed by atoms with Gasteiger partial charge in [-0.1, -0.05) is 53.3 Å². The zero-order valence-corrected chi connectivity index (χ0v) is 12.7. The summed E-state index contributed by atoms with van der Waals surface area (Å²) in [6.07, 6.45) is 1.84. The summed E-state index contributed by atoms with van der Waals surface area (Å²) in [7, 11) is 2.12. The van der Waals surface area contributed by atoms with Crippen LogP contribution in [0.1, 0.15) is 25.3 Å². The lowest BCUT2D eigenvalue weighted by atomic mass is 10.1. The van der Waals surface area contributed by atoms with Crippen LogP contribution >= 0.6 is 28.1 Å². The standard InChI is InChI=1S/C13H19BrN2S/c1-3-11(8-13(15)17)16(2)9-10-6-4-5-7-12(10)14/h4-7,11H,3,8-9H2,1-2H3,(H2,15,17). The highest BCUT2D eigenvalue weighted by atomic mass is 79.9. The molecule has 17 heavy (non-hydrogen) atoms. The van der Waals surface area contributed by atoms with Gasteiger partial charge in [0.1, 0.15) is 0 Å². The van der Waals surface area contributed by atoms with Crippen molar-refractivity contribution in [2.75, 3.05) is 7.05 Å². The quantitative estimate of drug-likeness (QED) is 0.817. The van der Waals surface area contributed by atoms with E-state index in [2.05, 4.69) is 53.0 Å². The average Bonchev–Trinajstić information content (AvgIpc) is 2.28. The van der Waals surface area contributed by atoms with Gasteiger partial charge in [0.25, 0.3) is 0 Å². The Labute approximate surface area is 117 Å². The molecule has 0 fully saturated rings. The van der Waals surface area contributed by atoms with Crippen LogP contribution in [-0.2, 0) is 6.54 Å². The summed E-state index contributed by atoms with van der Waals surface area (Å²) in [5.74, 6) is 0.